The zero-order chi connectivity index (χ0) is 14.4. The molecule has 0 fully saturated rings. The molecule has 4 nitrogen and oxygen atoms in total. The van der Waals surface area contributed by atoms with E-state index >= 15 is 0 Å². The summed E-state index contributed by atoms with van der Waals surface area (Å²) < 4.78 is 5.29. The number of aromatic nitrogens is 2. The van der Waals surface area contributed by atoms with E-state index in [9.17, 15) is 4.79 Å². The fraction of sp³-hybridized carbons (Fsp3) is 0. The molecule has 4 rings (SSSR count). The van der Waals surface area contributed by atoms with Gasteiger partial charge in [0.1, 0.15) is 15.0 Å². The third kappa shape index (κ3) is 2.02. The molecule has 21 heavy (non-hydrogen) atoms. The quantitative estimate of drug-likeness (QED) is 0.530. The lowest BCUT2D eigenvalue weighted by molar-refractivity contribution is 0.502. The smallest absolute Gasteiger partial charge is 0.356 e. The number of hydrogen-bond donors (Lipinski definition) is 0. The maximum absolute atomic E-state index is 11.7. The minimum Gasteiger partial charge on any atom is -0.410 e. The highest BCUT2D eigenvalue weighted by molar-refractivity contribution is 7.25. The first-order valence-corrected chi connectivity index (χ1v) is 7.35. The van der Waals surface area contributed by atoms with Crippen LogP contribution in [0, 0.1) is 0 Å². The van der Waals surface area contributed by atoms with Crippen molar-refractivity contribution < 1.29 is 4.42 Å². The molecule has 0 atom stereocenters. The molecule has 0 aliphatic rings. The van der Waals surface area contributed by atoms with Crippen LogP contribution in [0.3, 0.4) is 0 Å². The van der Waals surface area contributed by atoms with Gasteiger partial charge in [-0.1, -0.05) is 23.7 Å². The number of thiophene rings is 1. The Morgan fingerprint density at radius 2 is 1.90 bits per heavy atom. The lowest BCUT2D eigenvalue weighted by atomic mass is 10.1. The second-order valence-electron chi connectivity index (χ2n) is 4.48. The molecule has 6 heteroatoms. The molecule has 0 saturated carbocycles. The van der Waals surface area contributed by atoms with Gasteiger partial charge in [0, 0.05) is 16.0 Å². The van der Waals surface area contributed by atoms with Crippen molar-refractivity contribution in [2.75, 3.05) is 0 Å². The number of fused-ring (bicyclic) bond motifs is 3. The minimum atomic E-state index is -0.379. The molecule has 102 valence electrons. The van der Waals surface area contributed by atoms with Crippen LogP contribution in [-0.2, 0) is 0 Å². The van der Waals surface area contributed by atoms with Crippen molar-refractivity contribution in [1.82, 2.24) is 9.97 Å². The van der Waals surface area contributed by atoms with Crippen molar-refractivity contribution in [3.05, 3.63) is 58.2 Å². The second kappa shape index (κ2) is 4.65. The van der Waals surface area contributed by atoms with E-state index in [1.807, 2.05) is 36.4 Å². The van der Waals surface area contributed by atoms with Crippen LogP contribution in [0.4, 0.5) is 0 Å². The number of benzene rings is 1. The van der Waals surface area contributed by atoms with Crippen molar-refractivity contribution in [3.8, 4) is 11.3 Å². The molecule has 0 aliphatic carbocycles. The zero-order valence-electron chi connectivity index (χ0n) is 10.5. The summed E-state index contributed by atoms with van der Waals surface area (Å²) in [6, 6.07) is 11.3. The van der Waals surface area contributed by atoms with Gasteiger partial charge in [-0.15, -0.1) is 11.3 Å². The van der Waals surface area contributed by atoms with Gasteiger partial charge < -0.3 is 4.42 Å². The Bertz CT molecular complexity index is 1020. The van der Waals surface area contributed by atoms with Crippen LogP contribution in [0.1, 0.15) is 0 Å². The number of halogens is 1. The van der Waals surface area contributed by atoms with Gasteiger partial charge in [-0.3, -0.25) is 0 Å². The molecule has 0 unspecified atom stereocenters. The summed E-state index contributed by atoms with van der Waals surface area (Å²) in [7, 11) is 0. The first kappa shape index (κ1) is 12.5. The monoisotopic (exact) mass is 314 g/mol. The average Bonchev–Trinajstić information content (AvgIpc) is 2.87. The third-order valence-corrected chi connectivity index (χ3v) is 4.52. The van der Waals surface area contributed by atoms with E-state index in [1.54, 1.807) is 0 Å². The maximum Gasteiger partial charge on any atom is 0.356 e. The van der Waals surface area contributed by atoms with Crippen molar-refractivity contribution in [3.63, 3.8) is 0 Å². The van der Waals surface area contributed by atoms with Gasteiger partial charge in [-0.25, -0.2) is 14.8 Å². The molecule has 0 radical (unpaired) electrons. The topological polar surface area (TPSA) is 56.0 Å². The molecular formula is C15H7ClN2O2S. The van der Waals surface area contributed by atoms with E-state index in [0.717, 1.165) is 21.5 Å². The summed E-state index contributed by atoms with van der Waals surface area (Å²) in [4.78, 5) is 21.2. The molecule has 0 N–H and O–H groups in total. The van der Waals surface area contributed by atoms with Crippen LogP contribution in [0.25, 0.3) is 31.7 Å². The van der Waals surface area contributed by atoms with Crippen molar-refractivity contribution in [2.45, 2.75) is 0 Å². The van der Waals surface area contributed by atoms with E-state index < -0.39 is 0 Å². The van der Waals surface area contributed by atoms with Crippen molar-refractivity contribution >= 4 is 43.4 Å². The molecular weight excluding hydrogens is 308 g/mol. The van der Waals surface area contributed by atoms with Crippen LogP contribution in [0.15, 0.2) is 52.0 Å². The van der Waals surface area contributed by atoms with Gasteiger partial charge in [-0.05, 0) is 24.3 Å². The van der Waals surface area contributed by atoms with E-state index in [1.165, 1.54) is 17.7 Å². The predicted molar refractivity (Wildman–Crippen MR) is 83.9 cm³/mol. The van der Waals surface area contributed by atoms with Gasteiger partial charge in [0.2, 0.25) is 0 Å². The maximum atomic E-state index is 11.7. The Balaban J connectivity index is 1.98. The Hall–Kier alpha value is -2.24. The molecule has 0 aliphatic heterocycles. The lowest BCUT2D eigenvalue weighted by Gasteiger charge is -2.00. The van der Waals surface area contributed by atoms with E-state index in [4.69, 9.17) is 16.0 Å². The van der Waals surface area contributed by atoms with E-state index in [-0.39, 0.29) is 5.63 Å². The first-order chi connectivity index (χ1) is 10.2. The van der Waals surface area contributed by atoms with Crippen LogP contribution < -0.4 is 5.63 Å². The van der Waals surface area contributed by atoms with Gasteiger partial charge in [0.15, 0.2) is 6.39 Å². The fourth-order valence-corrected chi connectivity index (χ4v) is 3.32. The second-order valence-corrected chi connectivity index (χ2v) is 5.91. The Morgan fingerprint density at radius 3 is 2.71 bits per heavy atom. The molecule has 0 saturated heterocycles. The van der Waals surface area contributed by atoms with Gasteiger partial charge >= 0.3 is 5.63 Å². The van der Waals surface area contributed by atoms with Gasteiger partial charge in [0.05, 0.1) is 5.69 Å². The zero-order valence-corrected chi connectivity index (χ0v) is 12.1. The summed E-state index contributed by atoms with van der Waals surface area (Å²) in [6.07, 6.45) is 1.17. The molecule has 0 amide bonds. The Labute approximate surface area is 127 Å². The van der Waals surface area contributed by atoms with Crippen LogP contribution in [-0.4, -0.2) is 9.97 Å². The minimum absolute atomic E-state index is 0.379. The molecule has 4 aromatic rings. The Morgan fingerprint density at radius 1 is 1.10 bits per heavy atom. The summed E-state index contributed by atoms with van der Waals surface area (Å²) in [5, 5.41) is 1.55. The summed E-state index contributed by atoms with van der Waals surface area (Å²) >= 11 is 7.19. The van der Waals surface area contributed by atoms with Crippen LogP contribution >= 0.6 is 22.9 Å². The summed E-state index contributed by atoms with van der Waals surface area (Å²) in [6.45, 7) is 0. The molecule has 3 heterocycles. The number of pyridine rings is 1. The van der Waals surface area contributed by atoms with Crippen molar-refractivity contribution in [2.24, 2.45) is 0 Å². The van der Waals surface area contributed by atoms with Gasteiger partial charge in [0.25, 0.3) is 0 Å². The SMILES string of the molecule is O=c1ocnc2c1sc1nc(-c3ccc(Cl)cc3)ccc12. The molecule has 0 bridgehead atoms. The van der Waals surface area contributed by atoms with Crippen LogP contribution in [0.5, 0.6) is 0 Å². The van der Waals surface area contributed by atoms with Crippen molar-refractivity contribution in [1.29, 1.82) is 0 Å². The highest BCUT2D eigenvalue weighted by atomic mass is 35.5. The standard InChI is InChI=1S/C15H7ClN2O2S/c16-9-3-1-8(2-4-9)11-6-5-10-12-13(21-14(10)18-11)15(19)20-7-17-12/h1-7H. The number of nitrogens with zero attached hydrogens (tertiary/aromatic N) is 2. The predicted octanol–water partition coefficient (Wildman–Crippen LogP) is 4.12. The van der Waals surface area contributed by atoms with Crippen LogP contribution in [0.2, 0.25) is 5.02 Å². The largest absolute Gasteiger partial charge is 0.410 e. The average molecular weight is 315 g/mol. The third-order valence-electron chi connectivity index (χ3n) is 3.20. The van der Waals surface area contributed by atoms with E-state index in [2.05, 4.69) is 9.97 Å². The normalized spacial score (nSPS) is 11.3. The first-order valence-electron chi connectivity index (χ1n) is 6.15. The van der Waals surface area contributed by atoms with Gasteiger partial charge in [-0.2, -0.15) is 0 Å². The lowest BCUT2D eigenvalue weighted by Crippen LogP contribution is -1.95. The molecule has 1 aromatic carbocycles. The highest BCUT2D eigenvalue weighted by Gasteiger charge is 2.12. The summed E-state index contributed by atoms with van der Waals surface area (Å²) in [5.74, 6) is 0. The Kier molecular flexibility index (Phi) is 2.77. The number of hydrogen-bond acceptors (Lipinski definition) is 5. The molecule has 0 spiro atoms. The fourth-order valence-electron chi connectivity index (χ4n) is 2.19. The highest BCUT2D eigenvalue weighted by Crippen LogP contribution is 2.31. The van der Waals surface area contributed by atoms with E-state index in [0.29, 0.717) is 15.2 Å². The number of rotatable bonds is 1. The summed E-state index contributed by atoms with van der Waals surface area (Å²) in [5.41, 5.74) is 2.06. The molecule has 3 aromatic heterocycles.